The monoisotopic (exact) mass is 405 g/mol. The number of hydrogen-bond acceptors (Lipinski definition) is 4. The molecule has 0 aliphatic carbocycles. The van der Waals surface area contributed by atoms with E-state index in [4.69, 9.17) is 0 Å². The second-order valence-electron chi connectivity index (χ2n) is 6.36. The fourth-order valence-electron chi connectivity index (χ4n) is 2.79. The molecule has 0 saturated carbocycles. The van der Waals surface area contributed by atoms with Crippen molar-refractivity contribution in [2.24, 2.45) is 0 Å². The molecular weight excluding hydrogens is 386 g/mol. The molecule has 2 aromatic carbocycles. The highest BCUT2D eigenvalue weighted by molar-refractivity contribution is 5.68. The van der Waals surface area contributed by atoms with E-state index < -0.39 is 11.7 Å². The van der Waals surface area contributed by atoms with Crippen molar-refractivity contribution in [1.29, 1.82) is 0 Å². The Bertz CT molecular complexity index is 959. The first kappa shape index (κ1) is 20.6. The Morgan fingerprint density at radius 1 is 0.966 bits per heavy atom. The number of rotatable bonds is 7. The van der Waals surface area contributed by atoms with Gasteiger partial charge in [0.25, 0.3) is 0 Å². The van der Waals surface area contributed by atoms with Crippen molar-refractivity contribution in [3.63, 3.8) is 0 Å². The van der Waals surface area contributed by atoms with E-state index in [9.17, 15) is 22.7 Å². The number of hydrogen-bond donors (Lipinski definition) is 3. The minimum atomic E-state index is -4.59. The average Bonchev–Trinajstić information content (AvgIpc) is 2.69. The summed E-state index contributed by atoms with van der Waals surface area (Å²) in [7, 11) is 0. The van der Waals surface area contributed by atoms with Crippen LogP contribution in [0.15, 0.2) is 60.8 Å². The molecule has 0 amide bonds. The van der Waals surface area contributed by atoms with Gasteiger partial charge in [-0.3, -0.25) is 0 Å². The van der Waals surface area contributed by atoms with Crippen LogP contribution in [0.2, 0.25) is 0 Å². The molecule has 0 spiro atoms. The van der Waals surface area contributed by atoms with E-state index in [-0.39, 0.29) is 23.9 Å². The molecule has 0 unspecified atom stereocenters. The van der Waals surface area contributed by atoms with Gasteiger partial charge in [0.2, 0.25) is 0 Å². The molecule has 1 aromatic heterocycles. The Morgan fingerprint density at radius 2 is 1.69 bits per heavy atom. The van der Waals surface area contributed by atoms with Gasteiger partial charge in [-0.25, -0.2) is 9.37 Å². The summed E-state index contributed by atoms with van der Waals surface area (Å²) < 4.78 is 53.1. The normalized spacial score (nSPS) is 11.3. The van der Waals surface area contributed by atoms with Gasteiger partial charge in [0.15, 0.2) is 0 Å². The van der Waals surface area contributed by atoms with Gasteiger partial charge in [-0.1, -0.05) is 30.3 Å². The zero-order chi connectivity index (χ0) is 20.9. The lowest BCUT2D eigenvalue weighted by molar-refractivity contribution is -0.137. The molecule has 0 aliphatic rings. The summed E-state index contributed by atoms with van der Waals surface area (Å²) in [6.07, 6.45) is -3.26. The highest BCUT2D eigenvalue weighted by Crippen LogP contribution is 2.37. The number of para-hydroxylation sites is 1. The highest BCUT2D eigenvalue weighted by atomic mass is 19.4. The number of halogens is 4. The molecule has 0 atom stereocenters. The predicted molar refractivity (Wildman–Crippen MR) is 103 cm³/mol. The maximum atomic E-state index is 13.4. The number of aliphatic hydroxyl groups is 1. The van der Waals surface area contributed by atoms with Crippen LogP contribution in [0, 0.1) is 5.82 Å². The molecule has 29 heavy (non-hydrogen) atoms. The minimum absolute atomic E-state index is 0.169. The molecule has 152 valence electrons. The lowest BCUT2D eigenvalue weighted by atomic mass is 10.1. The van der Waals surface area contributed by atoms with Crippen LogP contribution in [0.25, 0.3) is 0 Å². The zero-order valence-corrected chi connectivity index (χ0v) is 15.3. The second kappa shape index (κ2) is 8.91. The van der Waals surface area contributed by atoms with Gasteiger partial charge >= 0.3 is 6.18 Å². The van der Waals surface area contributed by atoms with E-state index >= 15 is 0 Å². The molecule has 3 N–H and O–H groups in total. The molecular formula is C21H19F4N3O. The lowest BCUT2D eigenvalue weighted by Gasteiger charge is -2.17. The maximum absolute atomic E-state index is 13.4. The van der Waals surface area contributed by atoms with Crippen LogP contribution in [0.4, 0.5) is 34.8 Å². The van der Waals surface area contributed by atoms with E-state index in [1.807, 2.05) is 0 Å². The van der Waals surface area contributed by atoms with Crippen LogP contribution < -0.4 is 10.6 Å². The molecule has 0 aliphatic heterocycles. The Labute approximate surface area is 165 Å². The third-order valence-electron chi connectivity index (χ3n) is 4.30. The largest absolute Gasteiger partial charge is 0.419 e. The van der Waals surface area contributed by atoms with Gasteiger partial charge in [0, 0.05) is 30.1 Å². The van der Waals surface area contributed by atoms with E-state index in [0.717, 1.165) is 11.8 Å². The first-order valence-corrected chi connectivity index (χ1v) is 8.88. The van der Waals surface area contributed by atoms with Gasteiger partial charge < -0.3 is 15.7 Å². The number of aliphatic hydroxyl groups excluding tert-OH is 1. The van der Waals surface area contributed by atoms with Crippen molar-refractivity contribution in [2.75, 3.05) is 17.2 Å². The van der Waals surface area contributed by atoms with Crippen LogP contribution in [0.5, 0.6) is 0 Å². The second-order valence-corrected chi connectivity index (χ2v) is 6.36. The van der Waals surface area contributed by atoms with Crippen LogP contribution in [-0.2, 0) is 19.2 Å². The topological polar surface area (TPSA) is 57.2 Å². The number of anilines is 3. The van der Waals surface area contributed by atoms with E-state index in [1.165, 1.54) is 18.2 Å². The summed E-state index contributed by atoms with van der Waals surface area (Å²) in [5.74, 6) is -0.0610. The number of aromatic nitrogens is 1. The third kappa shape index (κ3) is 5.45. The summed E-state index contributed by atoms with van der Waals surface area (Å²) >= 11 is 0. The van der Waals surface area contributed by atoms with Crippen LogP contribution in [0.3, 0.4) is 0 Å². The van der Waals surface area contributed by atoms with Gasteiger partial charge in [0.1, 0.15) is 11.6 Å². The van der Waals surface area contributed by atoms with Crippen LogP contribution >= 0.6 is 0 Å². The van der Waals surface area contributed by atoms with Crippen molar-refractivity contribution >= 4 is 17.2 Å². The minimum Gasteiger partial charge on any atom is -0.392 e. The lowest BCUT2D eigenvalue weighted by Crippen LogP contribution is -2.12. The van der Waals surface area contributed by atoms with Crippen LogP contribution in [-0.4, -0.2) is 16.6 Å². The van der Waals surface area contributed by atoms with Crippen molar-refractivity contribution in [1.82, 2.24) is 4.98 Å². The molecule has 1 heterocycles. The molecule has 8 heteroatoms. The quantitative estimate of drug-likeness (QED) is 0.477. The third-order valence-corrected chi connectivity index (χ3v) is 4.30. The number of benzene rings is 2. The van der Waals surface area contributed by atoms with E-state index in [0.29, 0.717) is 24.2 Å². The summed E-state index contributed by atoms with van der Waals surface area (Å²) in [6.45, 7) is 0.106. The zero-order valence-electron chi connectivity index (χ0n) is 15.3. The molecule has 4 nitrogen and oxygen atoms in total. The van der Waals surface area contributed by atoms with Gasteiger partial charge in [0.05, 0.1) is 17.9 Å². The Hall–Kier alpha value is -3.13. The fraction of sp³-hybridized carbons (Fsp3) is 0.190. The standard InChI is InChI=1S/C21H19F4N3O/c22-16-7-5-14(6-8-16)9-10-26-20-11-19(17(12-27-20)21(23,24)25)28-18-4-2-1-3-15(18)13-29/h1-8,11-12,29H,9-10,13H2,(H2,26,27,28). The van der Waals surface area contributed by atoms with Gasteiger partial charge in [-0.05, 0) is 30.2 Å². The first-order chi connectivity index (χ1) is 13.9. The van der Waals surface area contributed by atoms with Crippen molar-refractivity contribution < 1.29 is 22.7 Å². The Morgan fingerprint density at radius 3 is 2.38 bits per heavy atom. The smallest absolute Gasteiger partial charge is 0.392 e. The van der Waals surface area contributed by atoms with E-state index in [2.05, 4.69) is 15.6 Å². The molecule has 3 rings (SSSR count). The predicted octanol–water partition coefficient (Wildman–Crippen LogP) is 5.13. The highest BCUT2D eigenvalue weighted by Gasteiger charge is 2.34. The SMILES string of the molecule is OCc1ccccc1Nc1cc(NCCc2ccc(F)cc2)ncc1C(F)(F)F. The van der Waals surface area contributed by atoms with Gasteiger partial charge in [-0.2, -0.15) is 13.2 Å². The number of pyridine rings is 1. The number of nitrogens with zero attached hydrogens (tertiary/aromatic N) is 1. The molecule has 0 radical (unpaired) electrons. The van der Waals surface area contributed by atoms with Crippen molar-refractivity contribution in [3.05, 3.63) is 83.3 Å². The fourth-order valence-corrected chi connectivity index (χ4v) is 2.79. The van der Waals surface area contributed by atoms with E-state index in [1.54, 1.807) is 36.4 Å². The summed E-state index contributed by atoms with van der Waals surface area (Å²) in [4.78, 5) is 3.85. The number of alkyl halides is 3. The maximum Gasteiger partial charge on any atom is 0.419 e. The van der Waals surface area contributed by atoms with Crippen molar-refractivity contribution in [2.45, 2.75) is 19.2 Å². The Kier molecular flexibility index (Phi) is 6.33. The molecule has 0 bridgehead atoms. The van der Waals surface area contributed by atoms with Gasteiger partial charge in [-0.15, -0.1) is 0 Å². The number of nitrogens with one attached hydrogen (secondary N) is 2. The molecule has 0 saturated heterocycles. The summed E-state index contributed by atoms with van der Waals surface area (Å²) in [6, 6.07) is 13.9. The molecule has 3 aromatic rings. The summed E-state index contributed by atoms with van der Waals surface area (Å²) in [5.41, 5.74) is 0.667. The molecule has 0 fully saturated rings. The Balaban J connectivity index is 1.79. The van der Waals surface area contributed by atoms with Crippen molar-refractivity contribution in [3.8, 4) is 0 Å². The first-order valence-electron chi connectivity index (χ1n) is 8.88. The average molecular weight is 405 g/mol. The van der Waals surface area contributed by atoms with Crippen LogP contribution in [0.1, 0.15) is 16.7 Å². The summed E-state index contributed by atoms with van der Waals surface area (Å²) in [5, 5.41) is 15.1.